The lowest BCUT2D eigenvalue weighted by Gasteiger charge is -2.02. The van der Waals surface area contributed by atoms with Gasteiger partial charge in [-0.05, 0) is 53.1 Å². The third-order valence-electron chi connectivity index (χ3n) is 2.63. The molecule has 2 aromatic rings. The maximum absolute atomic E-state index is 11.9. The molecule has 0 atom stereocenters. The number of Topliss-reactive ketones (excluding diaryl/α,β-unsaturated/α-hetero) is 1. The van der Waals surface area contributed by atoms with Crippen molar-refractivity contribution in [3.63, 3.8) is 0 Å². The molecule has 2 nitrogen and oxygen atoms in total. The zero-order valence-electron chi connectivity index (χ0n) is 9.68. The smallest absolute Gasteiger partial charge is 0.163 e. The minimum absolute atomic E-state index is 0.179. The summed E-state index contributed by atoms with van der Waals surface area (Å²) in [6.45, 7) is 0. The molecular formula is C14H14O2S. The Kier molecular flexibility index (Phi) is 3.94. The van der Waals surface area contributed by atoms with Crippen LogP contribution in [0.1, 0.15) is 22.3 Å². The molecule has 0 spiro atoms. The summed E-state index contributed by atoms with van der Waals surface area (Å²) in [6, 6.07) is 9.32. The van der Waals surface area contributed by atoms with Crippen LogP contribution < -0.4 is 4.74 Å². The standard InChI is InChI=1S/C14H14O2S/c1-16-13-5-3-12(4-6-13)14(15)7-2-11-8-9-17-10-11/h3-6,8-10H,2,7H2,1H3. The number of ketones is 1. The van der Waals surface area contributed by atoms with Crippen LogP contribution in [-0.2, 0) is 6.42 Å². The van der Waals surface area contributed by atoms with E-state index in [4.69, 9.17) is 4.74 Å². The molecule has 1 aromatic heterocycles. The van der Waals surface area contributed by atoms with Crippen molar-refractivity contribution in [2.45, 2.75) is 12.8 Å². The number of methoxy groups -OCH3 is 1. The lowest BCUT2D eigenvalue weighted by Crippen LogP contribution is -2.00. The summed E-state index contributed by atoms with van der Waals surface area (Å²) in [7, 11) is 1.62. The summed E-state index contributed by atoms with van der Waals surface area (Å²) in [4.78, 5) is 11.9. The number of hydrogen-bond acceptors (Lipinski definition) is 3. The molecule has 1 aromatic carbocycles. The molecule has 17 heavy (non-hydrogen) atoms. The van der Waals surface area contributed by atoms with Crippen LogP contribution in [0, 0.1) is 0 Å². The Labute approximate surface area is 105 Å². The molecule has 0 fully saturated rings. The monoisotopic (exact) mass is 246 g/mol. The summed E-state index contributed by atoms with van der Waals surface area (Å²) in [5.41, 5.74) is 1.98. The van der Waals surface area contributed by atoms with Gasteiger partial charge in [-0.2, -0.15) is 11.3 Å². The van der Waals surface area contributed by atoms with Crippen molar-refractivity contribution in [3.05, 3.63) is 52.2 Å². The molecular weight excluding hydrogens is 232 g/mol. The van der Waals surface area contributed by atoms with Crippen LogP contribution in [0.3, 0.4) is 0 Å². The Hall–Kier alpha value is -1.61. The highest BCUT2D eigenvalue weighted by molar-refractivity contribution is 7.07. The summed E-state index contributed by atoms with van der Waals surface area (Å²) in [5.74, 6) is 0.957. The van der Waals surface area contributed by atoms with Gasteiger partial charge in [-0.25, -0.2) is 0 Å². The van der Waals surface area contributed by atoms with Crippen LogP contribution >= 0.6 is 11.3 Å². The predicted molar refractivity (Wildman–Crippen MR) is 70.0 cm³/mol. The second-order valence-corrected chi connectivity index (χ2v) is 4.56. The van der Waals surface area contributed by atoms with Gasteiger partial charge in [0.2, 0.25) is 0 Å². The molecule has 1 heterocycles. The van der Waals surface area contributed by atoms with E-state index in [0.29, 0.717) is 6.42 Å². The lowest BCUT2D eigenvalue weighted by atomic mass is 10.0. The van der Waals surface area contributed by atoms with Gasteiger partial charge in [0.05, 0.1) is 7.11 Å². The number of rotatable bonds is 5. The van der Waals surface area contributed by atoms with Crippen molar-refractivity contribution in [1.29, 1.82) is 0 Å². The van der Waals surface area contributed by atoms with E-state index in [1.807, 2.05) is 29.6 Å². The molecule has 0 amide bonds. The fraction of sp³-hybridized carbons (Fsp3) is 0.214. The Morgan fingerprint density at radius 3 is 2.59 bits per heavy atom. The number of aryl methyl sites for hydroxylation is 1. The van der Waals surface area contributed by atoms with Gasteiger partial charge in [-0.15, -0.1) is 0 Å². The first-order chi connectivity index (χ1) is 8.29. The molecule has 0 aliphatic rings. The van der Waals surface area contributed by atoms with Crippen LogP contribution in [-0.4, -0.2) is 12.9 Å². The van der Waals surface area contributed by atoms with E-state index in [0.717, 1.165) is 17.7 Å². The van der Waals surface area contributed by atoms with Crippen molar-refractivity contribution in [2.75, 3.05) is 7.11 Å². The summed E-state index contributed by atoms with van der Waals surface area (Å²) < 4.78 is 5.06. The van der Waals surface area contributed by atoms with Gasteiger partial charge in [0.25, 0.3) is 0 Å². The molecule has 3 heteroatoms. The number of benzene rings is 1. The summed E-state index contributed by atoms with van der Waals surface area (Å²) in [6.07, 6.45) is 1.37. The van der Waals surface area contributed by atoms with Crippen LogP contribution in [0.25, 0.3) is 0 Å². The Morgan fingerprint density at radius 1 is 1.24 bits per heavy atom. The van der Waals surface area contributed by atoms with Gasteiger partial charge in [0.1, 0.15) is 5.75 Å². The quantitative estimate of drug-likeness (QED) is 0.754. The Balaban J connectivity index is 1.95. The Bertz CT molecular complexity index is 471. The first-order valence-electron chi connectivity index (χ1n) is 5.48. The minimum Gasteiger partial charge on any atom is -0.497 e. The molecule has 88 valence electrons. The first-order valence-corrected chi connectivity index (χ1v) is 6.42. The van der Waals surface area contributed by atoms with E-state index in [9.17, 15) is 4.79 Å². The average Bonchev–Trinajstić information content (AvgIpc) is 2.89. The number of thiophene rings is 1. The van der Waals surface area contributed by atoms with Crippen molar-refractivity contribution < 1.29 is 9.53 Å². The maximum atomic E-state index is 11.9. The van der Waals surface area contributed by atoms with Crippen molar-refractivity contribution in [3.8, 4) is 5.75 Å². The van der Waals surface area contributed by atoms with Crippen molar-refractivity contribution in [1.82, 2.24) is 0 Å². The predicted octanol–water partition coefficient (Wildman–Crippen LogP) is 3.57. The molecule has 0 bridgehead atoms. The van der Waals surface area contributed by atoms with Gasteiger partial charge >= 0.3 is 0 Å². The van der Waals surface area contributed by atoms with Gasteiger partial charge in [0.15, 0.2) is 5.78 Å². The first kappa shape index (κ1) is 11.9. The third kappa shape index (κ3) is 3.17. The van der Waals surface area contributed by atoms with Crippen LogP contribution in [0.4, 0.5) is 0 Å². The third-order valence-corrected chi connectivity index (χ3v) is 3.36. The summed E-state index contributed by atoms with van der Waals surface area (Å²) in [5, 5.41) is 4.12. The van der Waals surface area contributed by atoms with Gasteiger partial charge in [-0.1, -0.05) is 0 Å². The second kappa shape index (κ2) is 5.64. The normalized spacial score (nSPS) is 10.2. The second-order valence-electron chi connectivity index (χ2n) is 3.78. The fourth-order valence-corrected chi connectivity index (χ4v) is 2.32. The minimum atomic E-state index is 0.179. The van der Waals surface area contributed by atoms with E-state index >= 15 is 0 Å². The average molecular weight is 246 g/mol. The van der Waals surface area contributed by atoms with Crippen molar-refractivity contribution >= 4 is 17.1 Å². The largest absolute Gasteiger partial charge is 0.497 e. The van der Waals surface area contributed by atoms with Gasteiger partial charge < -0.3 is 4.74 Å². The van der Waals surface area contributed by atoms with Crippen LogP contribution in [0.15, 0.2) is 41.1 Å². The molecule has 0 saturated carbocycles. The van der Waals surface area contributed by atoms with Gasteiger partial charge in [0, 0.05) is 12.0 Å². The fourth-order valence-electron chi connectivity index (χ4n) is 1.61. The lowest BCUT2D eigenvalue weighted by molar-refractivity contribution is 0.0983. The molecule has 0 aliphatic carbocycles. The topological polar surface area (TPSA) is 26.3 Å². The highest BCUT2D eigenvalue weighted by atomic mass is 32.1. The zero-order valence-corrected chi connectivity index (χ0v) is 10.5. The SMILES string of the molecule is COc1ccc(C(=O)CCc2ccsc2)cc1. The van der Waals surface area contributed by atoms with Crippen molar-refractivity contribution in [2.24, 2.45) is 0 Å². The highest BCUT2D eigenvalue weighted by Gasteiger charge is 2.06. The highest BCUT2D eigenvalue weighted by Crippen LogP contribution is 2.14. The molecule has 2 rings (SSSR count). The maximum Gasteiger partial charge on any atom is 0.163 e. The number of carbonyl (C=O) groups is 1. The van der Waals surface area contributed by atoms with E-state index in [2.05, 4.69) is 11.4 Å². The van der Waals surface area contributed by atoms with E-state index in [1.165, 1.54) is 5.56 Å². The number of carbonyl (C=O) groups excluding carboxylic acids is 1. The molecule has 0 aliphatic heterocycles. The zero-order chi connectivity index (χ0) is 12.1. The van der Waals surface area contributed by atoms with E-state index in [-0.39, 0.29) is 5.78 Å². The van der Waals surface area contributed by atoms with E-state index in [1.54, 1.807) is 18.4 Å². The molecule has 0 N–H and O–H groups in total. The van der Waals surface area contributed by atoms with Crippen LogP contribution in [0.2, 0.25) is 0 Å². The molecule has 0 radical (unpaired) electrons. The molecule has 0 saturated heterocycles. The van der Waals surface area contributed by atoms with Crippen LogP contribution in [0.5, 0.6) is 5.75 Å². The number of ether oxygens (including phenoxy) is 1. The summed E-state index contributed by atoms with van der Waals surface area (Å²) >= 11 is 1.66. The Morgan fingerprint density at radius 2 is 2.00 bits per heavy atom. The van der Waals surface area contributed by atoms with E-state index < -0.39 is 0 Å². The molecule has 0 unspecified atom stereocenters. The number of hydrogen-bond donors (Lipinski definition) is 0. The van der Waals surface area contributed by atoms with Gasteiger partial charge in [-0.3, -0.25) is 4.79 Å².